The van der Waals surface area contributed by atoms with Gasteiger partial charge in [-0.2, -0.15) is 0 Å². The summed E-state index contributed by atoms with van der Waals surface area (Å²) in [4.78, 5) is 25.4. The van der Waals surface area contributed by atoms with Crippen LogP contribution < -0.4 is 9.47 Å². The van der Waals surface area contributed by atoms with Crippen LogP contribution in [-0.2, 0) is 4.79 Å². The van der Waals surface area contributed by atoms with Gasteiger partial charge in [-0.05, 0) is 36.0 Å². The lowest BCUT2D eigenvalue weighted by atomic mass is 10.1. The first-order chi connectivity index (χ1) is 10.1. The van der Waals surface area contributed by atoms with Crippen molar-refractivity contribution < 1.29 is 19.1 Å². The number of imide groups is 1. The zero-order valence-corrected chi connectivity index (χ0v) is 12.6. The molecule has 2 amide bonds. The van der Waals surface area contributed by atoms with Gasteiger partial charge in [-0.25, -0.2) is 0 Å². The van der Waals surface area contributed by atoms with E-state index >= 15 is 0 Å². The highest BCUT2D eigenvalue weighted by molar-refractivity contribution is 8.18. The molecule has 0 N–H and O–H groups in total. The van der Waals surface area contributed by atoms with E-state index in [0.717, 1.165) is 16.7 Å². The smallest absolute Gasteiger partial charge is 0.293 e. The Balaban J connectivity index is 2.38. The number of ether oxygens (including phenoxy) is 2. The molecule has 1 saturated heterocycles. The predicted octanol–water partition coefficient (Wildman–Crippen LogP) is 2.93. The molecule has 0 spiro atoms. The molecule has 1 aromatic rings. The highest BCUT2D eigenvalue weighted by Crippen LogP contribution is 2.34. The molecule has 0 unspecified atom stereocenters. The standard InChI is InChI=1S/C15H15NO4S/c1-4-7-16-14(17)13(21-15(16)18)9-10-8-11(19-2)5-6-12(10)20-3/h4-6,8-9H,1,7H2,2-3H3/b13-9-. The molecule has 0 saturated carbocycles. The Morgan fingerprint density at radius 1 is 1.29 bits per heavy atom. The van der Waals surface area contributed by atoms with Crippen molar-refractivity contribution in [1.29, 1.82) is 0 Å². The largest absolute Gasteiger partial charge is 0.497 e. The highest BCUT2D eigenvalue weighted by atomic mass is 32.2. The fourth-order valence-corrected chi connectivity index (χ4v) is 2.72. The SMILES string of the molecule is C=CCN1C(=O)S/C(=C\c2cc(OC)ccc2OC)C1=O. The van der Waals surface area contributed by atoms with Gasteiger partial charge in [0.15, 0.2) is 0 Å². The Kier molecular flexibility index (Phi) is 4.70. The molecule has 6 heteroatoms. The van der Waals surface area contributed by atoms with Crippen molar-refractivity contribution in [2.75, 3.05) is 20.8 Å². The van der Waals surface area contributed by atoms with E-state index in [9.17, 15) is 9.59 Å². The third-order valence-electron chi connectivity index (χ3n) is 2.91. The fraction of sp³-hybridized carbons (Fsp3) is 0.200. The number of carbonyl (C=O) groups is 2. The lowest BCUT2D eigenvalue weighted by Crippen LogP contribution is -2.27. The number of benzene rings is 1. The molecule has 21 heavy (non-hydrogen) atoms. The maximum absolute atomic E-state index is 12.2. The van der Waals surface area contributed by atoms with Crippen molar-refractivity contribution in [3.05, 3.63) is 41.3 Å². The second kappa shape index (κ2) is 6.49. The Morgan fingerprint density at radius 2 is 2.05 bits per heavy atom. The number of nitrogens with zero attached hydrogens (tertiary/aromatic N) is 1. The minimum atomic E-state index is -0.324. The second-order valence-electron chi connectivity index (χ2n) is 4.19. The molecule has 5 nitrogen and oxygen atoms in total. The van der Waals surface area contributed by atoms with E-state index in [4.69, 9.17) is 9.47 Å². The fourth-order valence-electron chi connectivity index (χ4n) is 1.88. The van der Waals surface area contributed by atoms with Crippen LogP contribution in [-0.4, -0.2) is 36.8 Å². The normalized spacial score (nSPS) is 16.5. The summed E-state index contributed by atoms with van der Waals surface area (Å²) in [6, 6.07) is 5.26. The monoisotopic (exact) mass is 305 g/mol. The Hall–Kier alpha value is -2.21. The number of methoxy groups -OCH3 is 2. The lowest BCUT2D eigenvalue weighted by molar-refractivity contribution is -0.122. The molecule has 0 atom stereocenters. The molecular weight excluding hydrogens is 290 g/mol. The van der Waals surface area contributed by atoms with E-state index in [0.29, 0.717) is 22.0 Å². The number of thioether (sulfide) groups is 1. The Morgan fingerprint density at radius 3 is 2.67 bits per heavy atom. The van der Waals surface area contributed by atoms with Crippen molar-refractivity contribution in [3.63, 3.8) is 0 Å². The molecular formula is C15H15NO4S. The molecule has 1 aliphatic heterocycles. The van der Waals surface area contributed by atoms with Gasteiger partial charge >= 0.3 is 0 Å². The van der Waals surface area contributed by atoms with Crippen LogP contribution in [0.3, 0.4) is 0 Å². The summed E-state index contributed by atoms with van der Waals surface area (Å²) in [5, 5.41) is -0.298. The number of rotatable bonds is 5. The lowest BCUT2D eigenvalue weighted by Gasteiger charge is -2.09. The van der Waals surface area contributed by atoms with Crippen molar-refractivity contribution >= 4 is 29.0 Å². The van der Waals surface area contributed by atoms with Gasteiger partial charge in [0.1, 0.15) is 11.5 Å². The molecule has 0 aromatic heterocycles. The molecule has 1 fully saturated rings. The summed E-state index contributed by atoms with van der Waals surface area (Å²) in [5.41, 5.74) is 0.681. The van der Waals surface area contributed by atoms with E-state index in [2.05, 4.69) is 6.58 Å². The number of carbonyl (C=O) groups excluding carboxylic acids is 2. The van der Waals surface area contributed by atoms with Crippen LogP contribution in [0.1, 0.15) is 5.56 Å². The maximum Gasteiger partial charge on any atom is 0.293 e. The summed E-state index contributed by atoms with van der Waals surface area (Å²) < 4.78 is 10.4. The summed E-state index contributed by atoms with van der Waals surface area (Å²) in [6.07, 6.45) is 3.15. The number of hydrogen-bond donors (Lipinski definition) is 0. The quantitative estimate of drug-likeness (QED) is 0.618. The van der Waals surface area contributed by atoms with Crippen LogP contribution in [0.2, 0.25) is 0 Å². The van der Waals surface area contributed by atoms with E-state index < -0.39 is 0 Å². The first-order valence-electron chi connectivity index (χ1n) is 6.19. The van der Waals surface area contributed by atoms with Crippen molar-refractivity contribution in [2.24, 2.45) is 0 Å². The van der Waals surface area contributed by atoms with Crippen LogP contribution in [0.15, 0.2) is 35.8 Å². The van der Waals surface area contributed by atoms with Crippen LogP contribution in [0.5, 0.6) is 11.5 Å². The molecule has 0 radical (unpaired) electrons. The van der Waals surface area contributed by atoms with Gasteiger partial charge < -0.3 is 9.47 Å². The molecule has 1 aliphatic rings. The van der Waals surface area contributed by atoms with Crippen molar-refractivity contribution in [3.8, 4) is 11.5 Å². The summed E-state index contributed by atoms with van der Waals surface area (Å²) >= 11 is 0.904. The maximum atomic E-state index is 12.2. The topological polar surface area (TPSA) is 55.8 Å². The van der Waals surface area contributed by atoms with E-state index in [-0.39, 0.29) is 17.7 Å². The highest BCUT2D eigenvalue weighted by Gasteiger charge is 2.34. The first-order valence-corrected chi connectivity index (χ1v) is 7.00. The van der Waals surface area contributed by atoms with Crippen molar-refractivity contribution in [2.45, 2.75) is 0 Å². The molecule has 110 valence electrons. The van der Waals surface area contributed by atoms with E-state index in [1.165, 1.54) is 6.08 Å². The van der Waals surface area contributed by atoms with Gasteiger partial charge in [0.2, 0.25) is 0 Å². The van der Waals surface area contributed by atoms with Crippen LogP contribution >= 0.6 is 11.8 Å². The third-order valence-corrected chi connectivity index (χ3v) is 3.82. The summed E-state index contributed by atoms with van der Waals surface area (Å²) in [7, 11) is 3.10. The number of hydrogen-bond acceptors (Lipinski definition) is 5. The predicted molar refractivity (Wildman–Crippen MR) is 82.4 cm³/mol. The summed E-state index contributed by atoms with van der Waals surface area (Å²) in [6.45, 7) is 3.75. The van der Waals surface area contributed by atoms with Gasteiger partial charge in [-0.1, -0.05) is 6.08 Å². The zero-order chi connectivity index (χ0) is 15.4. The van der Waals surface area contributed by atoms with Crippen LogP contribution in [0.4, 0.5) is 4.79 Å². The second-order valence-corrected chi connectivity index (χ2v) is 5.18. The molecule has 2 rings (SSSR count). The third kappa shape index (κ3) is 3.11. The van der Waals surface area contributed by atoms with Gasteiger partial charge in [0.05, 0.1) is 19.1 Å². The molecule has 1 aromatic carbocycles. The van der Waals surface area contributed by atoms with Crippen LogP contribution in [0.25, 0.3) is 6.08 Å². The minimum absolute atomic E-state index is 0.206. The first kappa shape index (κ1) is 15.2. The van der Waals surface area contributed by atoms with Gasteiger partial charge in [-0.3, -0.25) is 14.5 Å². The van der Waals surface area contributed by atoms with Crippen molar-refractivity contribution in [1.82, 2.24) is 4.90 Å². The average molecular weight is 305 g/mol. The van der Waals surface area contributed by atoms with E-state index in [1.807, 2.05) is 0 Å². The minimum Gasteiger partial charge on any atom is -0.497 e. The molecule has 0 bridgehead atoms. The molecule has 1 heterocycles. The van der Waals surface area contributed by atoms with Crippen LogP contribution in [0, 0.1) is 0 Å². The zero-order valence-electron chi connectivity index (χ0n) is 11.8. The Labute approximate surface area is 127 Å². The molecule has 0 aliphatic carbocycles. The van der Waals surface area contributed by atoms with Gasteiger partial charge in [0.25, 0.3) is 11.1 Å². The number of amides is 2. The van der Waals surface area contributed by atoms with E-state index in [1.54, 1.807) is 38.5 Å². The Bertz CT molecular complexity index is 624. The van der Waals surface area contributed by atoms with Gasteiger partial charge in [-0.15, -0.1) is 6.58 Å². The van der Waals surface area contributed by atoms with Gasteiger partial charge in [0, 0.05) is 12.1 Å². The average Bonchev–Trinajstić information content (AvgIpc) is 2.75. The summed E-state index contributed by atoms with van der Waals surface area (Å²) in [5.74, 6) is 0.925.